The van der Waals surface area contributed by atoms with Crippen molar-refractivity contribution in [3.05, 3.63) is 27.5 Å². The van der Waals surface area contributed by atoms with Crippen molar-refractivity contribution in [1.29, 1.82) is 5.26 Å². The van der Waals surface area contributed by atoms with Gasteiger partial charge in [0.05, 0.1) is 12.2 Å². The minimum absolute atomic E-state index is 0.163. The van der Waals surface area contributed by atoms with E-state index in [0.29, 0.717) is 0 Å². The highest BCUT2D eigenvalue weighted by molar-refractivity contribution is 7.71. The lowest BCUT2D eigenvalue weighted by atomic mass is 9.90. The van der Waals surface area contributed by atoms with Crippen LogP contribution in [0.25, 0.3) is 0 Å². The van der Waals surface area contributed by atoms with Crippen LogP contribution in [0, 0.1) is 16.0 Å². The smallest absolute Gasteiger partial charge is 0.339 e. The van der Waals surface area contributed by atoms with Gasteiger partial charge in [0.15, 0.2) is 0 Å². The number of H-pyrrole nitrogens is 1. The molecule has 0 bridgehead atoms. The van der Waals surface area contributed by atoms with Gasteiger partial charge in [0.2, 0.25) is 0 Å². The van der Waals surface area contributed by atoms with Crippen molar-refractivity contribution in [2.45, 2.75) is 33.1 Å². The summed E-state index contributed by atoms with van der Waals surface area (Å²) >= 11 is 5.11. The SMILES string of the molecule is CCOC(=O)c1cc(C(C)(C)C)[nH]c(=S)c1C#N. The van der Waals surface area contributed by atoms with Crippen LogP contribution in [-0.2, 0) is 10.2 Å². The van der Waals surface area contributed by atoms with Gasteiger partial charge in [0.25, 0.3) is 0 Å². The number of aromatic amines is 1. The van der Waals surface area contributed by atoms with E-state index in [1.807, 2.05) is 26.8 Å². The Hall–Kier alpha value is -1.67. The molecule has 5 heteroatoms. The first-order chi connectivity index (χ1) is 8.31. The number of nitriles is 1. The Morgan fingerprint density at radius 2 is 2.17 bits per heavy atom. The molecule has 1 aromatic heterocycles. The van der Waals surface area contributed by atoms with E-state index in [9.17, 15) is 4.79 Å². The van der Waals surface area contributed by atoms with Crippen LogP contribution in [0.3, 0.4) is 0 Å². The van der Waals surface area contributed by atoms with Crippen LogP contribution in [0.5, 0.6) is 0 Å². The molecule has 0 spiro atoms. The summed E-state index contributed by atoms with van der Waals surface area (Å²) < 4.78 is 5.21. The molecule has 0 radical (unpaired) electrons. The van der Waals surface area contributed by atoms with Gasteiger partial charge in [-0.15, -0.1) is 0 Å². The highest BCUT2D eigenvalue weighted by atomic mass is 32.1. The molecule has 18 heavy (non-hydrogen) atoms. The van der Waals surface area contributed by atoms with Gasteiger partial charge in [-0.25, -0.2) is 4.79 Å². The van der Waals surface area contributed by atoms with Gasteiger partial charge in [-0.1, -0.05) is 33.0 Å². The zero-order valence-electron chi connectivity index (χ0n) is 11.0. The number of esters is 1. The van der Waals surface area contributed by atoms with Crippen LogP contribution in [0.1, 0.15) is 49.3 Å². The van der Waals surface area contributed by atoms with Crippen molar-refractivity contribution >= 4 is 18.2 Å². The maximum atomic E-state index is 11.8. The summed E-state index contributed by atoms with van der Waals surface area (Å²) in [5, 5.41) is 9.07. The second-order valence-electron chi connectivity index (χ2n) is 4.88. The number of carbonyl (C=O) groups is 1. The number of rotatable bonds is 2. The molecule has 0 aliphatic heterocycles. The van der Waals surface area contributed by atoms with Crippen molar-refractivity contribution in [1.82, 2.24) is 4.98 Å². The zero-order valence-corrected chi connectivity index (χ0v) is 11.8. The number of nitrogens with one attached hydrogen (secondary N) is 1. The molecule has 1 heterocycles. The molecule has 0 saturated carbocycles. The minimum Gasteiger partial charge on any atom is -0.462 e. The van der Waals surface area contributed by atoms with E-state index in [4.69, 9.17) is 22.2 Å². The molecule has 1 N–H and O–H groups in total. The van der Waals surface area contributed by atoms with E-state index in [0.717, 1.165) is 5.69 Å². The van der Waals surface area contributed by atoms with Crippen LogP contribution in [-0.4, -0.2) is 17.6 Å². The zero-order chi connectivity index (χ0) is 13.9. The Morgan fingerprint density at radius 3 is 2.61 bits per heavy atom. The number of aromatic nitrogens is 1. The molecular formula is C13H16N2O2S. The van der Waals surface area contributed by atoms with Crippen molar-refractivity contribution < 1.29 is 9.53 Å². The van der Waals surface area contributed by atoms with E-state index in [2.05, 4.69) is 4.98 Å². The number of hydrogen-bond donors (Lipinski definition) is 1. The van der Waals surface area contributed by atoms with Gasteiger partial charge in [-0.05, 0) is 13.0 Å². The monoisotopic (exact) mass is 264 g/mol. The third-order valence-corrected chi connectivity index (χ3v) is 2.75. The lowest BCUT2D eigenvalue weighted by molar-refractivity contribution is 0.0525. The van der Waals surface area contributed by atoms with Crippen molar-refractivity contribution in [2.75, 3.05) is 6.61 Å². The molecule has 0 atom stereocenters. The largest absolute Gasteiger partial charge is 0.462 e. The van der Waals surface area contributed by atoms with Gasteiger partial charge in [0, 0.05) is 11.1 Å². The van der Waals surface area contributed by atoms with Crippen LogP contribution >= 0.6 is 12.2 Å². The van der Waals surface area contributed by atoms with Gasteiger partial charge in [-0.2, -0.15) is 5.26 Å². The van der Waals surface area contributed by atoms with E-state index in [-0.39, 0.29) is 27.8 Å². The number of pyridine rings is 1. The molecular weight excluding hydrogens is 248 g/mol. The molecule has 4 nitrogen and oxygen atoms in total. The normalized spacial score (nSPS) is 10.8. The summed E-state index contributed by atoms with van der Waals surface area (Å²) in [4.78, 5) is 14.8. The highest BCUT2D eigenvalue weighted by Crippen LogP contribution is 2.23. The molecule has 0 amide bonds. The summed E-state index contributed by atoms with van der Waals surface area (Å²) in [6.45, 7) is 7.97. The second kappa shape index (κ2) is 5.32. The molecule has 0 aliphatic rings. The summed E-state index contributed by atoms with van der Waals surface area (Å²) in [6.07, 6.45) is 0. The molecule has 0 saturated heterocycles. The van der Waals surface area contributed by atoms with Crippen LogP contribution in [0.2, 0.25) is 0 Å². The maximum Gasteiger partial charge on any atom is 0.339 e. The summed E-state index contributed by atoms with van der Waals surface area (Å²) in [5.41, 5.74) is 1.00. The number of hydrogen-bond acceptors (Lipinski definition) is 4. The van der Waals surface area contributed by atoms with E-state index in [1.165, 1.54) is 0 Å². The molecule has 1 rings (SSSR count). The number of carbonyl (C=O) groups excluding carboxylic acids is 1. The van der Waals surface area contributed by atoms with E-state index in [1.54, 1.807) is 13.0 Å². The predicted molar refractivity (Wildman–Crippen MR) is 71.0 cm³/mol. The molecule has 0 fully saturated rings. The first-order valence-electron chi connectivity index (χ1n) is 5.66. The Balaban J connectivity index is 3.48. The van der Waals surface area contributed by atoms with Crippen molar-refractivity contribution in [3.8, 4) is 6.07 Å². The van der Waals surface area contributed by atoms with E-state index < -0.39 is 5.97 Å². The first kappa shape index (κ1) is 14.4. The van der Waals surface area contributed by atoms with Crippen LogP contribution in [0.15, 0.2) is 6.07 Å². The summed E-state index contributed by atoms with van der Waals surface area (Å²) in [7, 11) is 0. The Kier molecular flexibility index (Phi) is 4.25. The van der Waals surface area contributed by atoms with Crippen molar-refractivity contribution in [2.24, 2.45) is 0 Å². The van der Waals surface area contributed by atoms with Crippen LogP contribution in [0.4, 0.5) is 0 Å². The standard InChI is InChI=1S/C13H16N2O2S/c1-5-17-12(16)8-6-10(13(2,3)4)15-11(18)9(8)7-14/h6H,5H2,1-4H3,(H,15,18). The first-order valence-corrected chi connectivity index (χ1v) is 6.07. The lowest BCUT2D eigenvalue weighted by Gasteiger charge is -2.19. The van der Waals surface area contributed by atoms with Gasteiger partial charge >= 0.3 is 5.97 Å². The lowest BCUT2D eigenvalue weighted by Crippen LogP contribution is -2.17. The fourth-order valence-electron chi connectivity index (χ4n) is 1.44. The molecule has 0 unspecified atom stereocenters. The molecule has 0 aromatic carbocycles. The van der Waals surface area contributed by atoms with Gasteiger partial charge in [0.1, 0.15) is 16.3 Å². The summed E-state index contributed by atoms with van der Waals surface area (Å²) in [5.74, 6) is -0.514. The topological polar surface area (TPSA) is 65.9 Å². The Bertz CT molecular complexity index is 562. The Labute approximate surface area is 112 Å². The number of ether oxygens (including phenoxy) is 1. The Morgan fingerprint density at radius 1 is 1.56 bits per heavy atom. The second-order valence-corrected chi connectivity index (χ2v) is 5.29. The highest BCUT2D eigenvalue weighted by Gasteiger charge is 2.21. The summed E-state index contributed by atoms with van der Waals surface area (Å²) in [6, 6.07) is 3.59. The molecule has 0 aliphatic carbocycles. The number of nitrogens with zero attached hydrogens (tertiary/aromatic N) is 1. The molecule has 1 aromatic rings. The fraction of sp³-hybridized carbons (Fsp3) is 0.462. The van der Waals surface area contributed by atoms with Crippen molar-refractivity contribution in [3.63, 3.8) is 0 Å². The third-order valence-electron chi connectivity index (χ3n) is 2.45. The fourth-order valence-corrected chi connectivity index (χ4v) is 1.71. The minimum atomic E-state index is -0.514. The van der Waals surface area contributed by atoms with Gasteiger partial charge in [-0.3, -0.25) is 0 Å². The quantitative estimate of drug-likeness (QED) is 0.658. The predicted octanol–water partition coefficient (Wildman–Crippen LogP) is 3.09. The maximum absolute atomic E-state index is 11.8. The average molecular weight is 264 g/mol. The third kappa shape index (κ3) is 2.96. The van der Waals surface area contributed by atoms with Gasteiger partial charge < -0.3 is 9.72 Å². The molecule has 96 valence electrons. The average Bonchev–Trinajstić information content (AvgIpc) is 2.27. The van der Waals surface area contributed by atoms with Crippen LogP contribution < -0.4 is 0 Å². The van der Waals surface area contributed by atoms with E-state index >= 15 is 0 Å².